The van der Waals surface area contributed by atoms with Gasteiger partial charge in [-0.25, -0.2) is 0 Å². The van der Waals surface area contributed by atoms with Gasteiger partial charge in [-0.2, -0.15) is 0 Å². The van der Waals surface area contributed by atoms with Crippen molar-refractivity contribution in [1.29, 1.82) is 0 Å². The van der Waals surface area contributed by atoms with Gasteiger partial charge in [0.2, 0.25) is 0 Å². The summed E-state index contributed by atoms with van der Waals surface area (Å²) < 4.78 is 2.62. The second-order valence-corrected chi connectivity index (χ2v) is 18.7. The number of aromatic nitrogens is 1. The molecule has 0 spiro atoms. The number of hydrogen-bond acceptors (Lipinski definition) is 4. The van der Waals surface area contributed by atoms with E-state index in [9.17, 15) is 9.90 Å². The van der Waals surface area contributed by atoms with Gasteiger partial charge in [0.05, 0.1) is 13.8 Å². The van der Waals surface area contributed by atoms with Gasteiger partial charge in [-0.15, -0.1) is 41.0 Å². The molecule has 3 nitrogen and oxygen atoms in total. The summed E-state index contributed by atoms with van der Waals surface area (Å²) >= 11 is 1.86. The van der Waals surface area contributed by atoms with Crippen LogP contribution < -0.4 is 5.19 Å². The van der Waals surface area contributed by atoms with E-state index in [0.29, 0.717) is 0 Å². The van der Waals surface area contributed by atoms with Crippen LogP contribution in [0.15, 0.2) is 72.6 Å². The van der Waals surface area contributed by atoms with Crippen LogP contribution in [0.3, 0.4) is 0 Å². The summed E-state index contributed by atoms with van der Waals surface area (Å²) in [6.45, 7) is 17.4. The number of thiophene rings is 1. The average molecular weight is 801 g/mol. The first-order valence-corrected chi connectivity index (χ1v) is 20.0. The third-order valence-electron chi connectivity index (χ3n) is 8.50. The van der Waals surface area contributed by atoms with Crippen LogP contribution in [-0.4, -0.2) is 23.9 Å². The zero-order valence-corrected chi connectivity index (χ0v) is 31.6. The van der Waals surface area contributed by atoms with E-state index in [1.165, 1.54) is 42.4 Å². The van der Waals surface area contributed by atoms with Gasteiger partial charge in [-0.3, -0.25) is 9.78 Å². The summed E-state index contributed by atoms with van der Waals surface area (Å²) in [5.74, 6) is 0.547. The third-order valence-corrected chi connectivity index (χ3v) is 11.7. The van der Waals surface area contributed by atoms with Crippen molar-refractivity contribution in [3.8, 4) is 11.3 Å². The molecule has 5 aromatic rings. The molecule has 0 unspecified atom stereocenters. The van der Waals surface area contributed by atoms with Gasteiger partial charge in [0, 0.05) is 59.3 Å². The summed E-state index contributed by atoms with van der Waals surface area (Å²) in [6, 6.07) is 23.6. The minimum Gasteiger partial charge on any atom is -0.512 e. The van der Waals surface area contributed by atoms with Gasteiger partial charge in [0.15, 0.2) is 5.78 Å². The predicted molar refractivity (Wildman–Crippen MR) is 190 cm³/mol. The molecule has 0 saturated carbocycles. The van der Waals surface area contributed by atoms with Crippen molar-refractivity contribution >= 4 is 61.3 Å². The quantitative estimate of drug-likeness (QED) is 0.0699. The molecule has 1 radical (unpaired) electrons. The Balaban J connectivity index is 0.000000286. The Hall–Kier alpha value is -2.63. The van der Waals surface area contributed by atoms with Gasteiger partial charge in [-0.05, 0) is 55.5 Å². The average Bonchev–Trinajstić information content (AvgIpc) is 3.36. The second kappa shape index (κ2) is 15.6. The second-order valence-electron chi connectivity index (χ2n) is 12.6. The van der Waals surface area contributed by atoms with Gasteiger partial charge < -0.3 is 5.11 Å². The minimum atomic E-state index is -1.33. The standard InChI is InChI=1S/C25H22NSSi.C13H24O2.Ir/c1-16-5-6-17-7-8-18(14-19(17)13-16)24-25-22(11-12-26-24)21-10-9-20(28(2,3)4)15-23(21)27-25;1-5-10(6-2)12(14)9-13(15)11(7-3)8-4;/h5-13,15H,1-4H3;9-11,14H,5-8H2,1-4H3;/q-1;;/b;12-9-;. The van der Waals surface area contributed by atoms with E-state index >= 15 is 0 Å². The Morgan fingerprint density at radius 1 is 0.909 bits per heavy atom. The molecular weight excluding hydrogens is 755 g/mol. The van der Waals surface area contributed by atoms with Gasteiger partial charge in [-0.1, -0.05) is 93.3 Å². The Morgan fingerprint density at radius 3 is 2.20 bits per heavy atom. The number of aliphatic hydroxyl groups excluding tert-OH is 1. The molecule has 0 atom stereocenters. The van der Waals surface area contributed by atoms with Crippen molar-refractivity contribution in [2.45, 2.75) is 79.9 Å². The molecule has 3 aromatic carbocycles. The molecule has 44 heavy (non-hydrogen) atoms. The van der Waals surface area contributed by atoms with E-state index in [4.69, 9.17) is 4.98 Å². The zero-order chi connectivity index (χ0) is 31.3. The number of aliphatic hydroxyl groups is 1. The number of allylic oxidation sites excluding steroid dienone is 2. The third kappa shape index (κ3) is 8.14. The molecule has 0 amide bonds. The minimum absolute atomic E-state index is 0. The number of benzene rings is 3. The van der Waals surface area contributed by atoms with Crippen molar-refractivity contribution in [2.24, 2.45) is 11.8 Å². The summed E-state index contributed by atoms with van der Waals surface area (Å²) in [5, 5.41) is 16.3. The van der Waals surface area contributed by atoms with E-state index in [1.54, 1.807) is 0 Å². The van der Waals surface area contributed by atoms with E-state index in [0.717, 1.165) is 42.3 Å². The Bertz CT molecular complexity index is 1760. The molecule has 235 valence electrons. The monoisotopic (exact) mass is 801 g/mol. The molecule has 1 N–H and O–H groups in total. The molecule has 0 fully saturated rings. The van der Waals surface area contributed by atoms with Crippen molar-refractivity contribution in [1.82, 2.24) is 4.98 Å². The molecule has 0 aliphatic heterocycles. The van der Waals surface area contributed by atoms with E-state index < -0.39 is 8.07 Å². The molecule has 0 aliphatic rings. The van der Waals surface area contributed by atoms with E-state index in [2.05, 4.69) is 87.2 Å². The topological polar surface area (TPSA) is 50.2 Å². The summed E-state index contributed by atoms with van der Waals surface area (Å²) in [5.41, 5.74) is 3.37. The SMILES string of the molecule is CCC(CC)C(=O)/C=C(\O)C(CC)CC.Cc1ccc2ccc(-c3nccc4c3sc3cc([Si](C)(C)C)ccc34)[c-]c2c1.[Ir]. The number of pyridine rings is 1. The molecule has 2 heterocycles. The molecule has 0 saturated heterocycles. The predicted octanol–water partition coefficient (Wildman–Crippen LogP) is 10.8. The molecule has 5 rings (SSSR count). The first kappa shape index (κ1) is 35.8. The van der Waals surface area contributed by atoms with Crippen molar-refractivity contribution in [3.05, 3.63) is 84.3 Å². The first-order chi connectivity index (χ1) is 20.5. The summed E-state index contributed by atoms with van der Waals surface area (Å²) in [6.07, 6.45) is 6.84. The van der Waals surface area contributed by atoms with E-state index in [1.807, 2.05) is 45.2 Å². The largest absolute Gasteiger partial charge is 0.512 e. The van der Waals surface area contributed by atoms with Crippen molar-refractivity contribution < 1.29 is 30.0 Å². The van der Waals surface area contributed by atoms with Crippen molar-refractivity contribution in [3.63, 3.8) is 0 Å². The van der Waals surface area contributed by atoms with Crippen LogP contribution in [0.5, 0.6) is 0 Å². The maximum atomic E-state index is 11.7. The maximum absolute atomic E-state index is 11.7. The number of rotatable bonds is 9. The number of carbonyl (C=O) groups is 1. The van der Waals surface area contributed by atoms with Crippen LogP contribution in [-0.2, 0) is 24.9 Å². The van der Waals surface area contributed by atoms with Crippen LogP contribution in [0, 0.1) is 24.8 Å². The smallest absolute Gasteiger partial charge is 0.162 e. The van der Waals surface area contributed by atoms with Gasteiger partial charge in [0.25, 0.3) is 0 Å². The molecule has 0 bridgehead atoms. The Kier molecular flexibility index (Phi) is 12.7. The molecule has 6 heteroatoms. The number of ketones is 1. The number of nitrogens with zero attached hydrogens (tertiary/aromatic N) is 1. The first-order valence-electron chi connectivity index (χ1n) is 15.7. The Labute approximate surface area is 282 Å². The normalized spacial score (nSPS) is 12.1. The number of hydrogen-bond donors (Lipinski definition) is 1. The van der Waals surface area contributed by atoms with Crippen LogP contribution in [0.4, 0.5) is 0 Å². The van der Waals surface area contributed by atoms with E-state index in [-0.39, 0.29) is 43.5 Å². The van der Waals surface area contributed by atoms with Crippen molar-refractivity contribution in [2.75, 3.05) is 0 Å². The fourth-order valence-corrected chi connectivity index (χ4v) is 8.07. The fourth-order valence-electron chi connectivity index (χ4n) is 5.56. The summed E-state index contributed by atoms with van der Waals surface area (Å²) in [4.78, 5) is 16.5. The van der Waals surface area contributed by atoms with Gasteiger partial charge in [0.1, 0.15) is 0 Å². The summed E-state index contributed by atoms with van der Waals surface area (Å²) in [7, 11) is -1.33. The zero-order valence-electron chi connectivity index (χ0n) is 27.4. The van der Waals surface area contributed by atoms with Crippen LogP contribution in [0.2, 0.25) is 19.6 Å². The molecule has 0 aliphatic carbocycles. The van der Waals surface area contributed by atoms with Crippen LogP contribution >= 0.6 is 11.3 Å². The number of carbonyl (C=O) groups excluding carboxylic acids is 1. The molecular formula is C38H46IrNO2SSi-. The Morgan fingerprint density at radius 2 is 1.57 bits per heavy atom. The van der Waals surface area contributed by atoms with Gasteiger partial charge >= 0.3 is 0 Å². The maximum Gasteiger partial charge on any atom is 0.162 e. The molecule has 2 aromatic heterocycles. The van der Waals surface area contributed by atoms with Crippen LogP contribution in [0.1, 0.15) is 58.9 Å². The number of fused-ring (bicyclic) bond motifs is 4. The van der Waals surface area contributed by atoms with Crippen LogP contribution in [0.25, 0.3) is 42.2 Å². The fraction of sp³-hybridized carbons (Fsp3) is 0.368. The number of aryl methyl sites for hydroxylation is 1.